The summed E-state index contributed by atoms with van der Waals surface area (Å²) in [7, 11) is 0. The van der Waals surface area contributed by atoms with Gasteiger partial charge < -0.3 is 5.32 Å². The van der Waals surface area contributed by atoms with E-state index in [1.165, 1.54) is 0 Å². The summed E-state index contributed by atoms with van der Waals surface area (Å²) in [4.78, 5) is 12.7. The smallest absolute Gasteiger partial charge is 0.257 e. The summed E-state index contributed by atoms with van der Waals surface area (Å²) < 4.78 is 1.56. The fourth-order valence-corrected chi connectivity index (χ4v) is 1.55. The highest BCUT2D eigenvalue weighted by Gasteiger charge is 2.20. The van der Waals surface area contributed by atoms with E-state index in [0.29, 0.717) is 23.8 Å². The normalized spacial score (nSPS) is 13.0. The highest BCUT2D eigenvalue weighted by atomic mass is 15.4. The molecule has 0 bridgehead atoms. The standard InChI is InChI=1S/C13H22N8/c1-9(13(2,3)4)8-15-10-17-11(20-14)19-12(18-10)21-7-5-6-16-21/h5-7,9H,8,14H2,1-4H3,(H2,15,17,18,19,20). The lowest BCUT2D eigenvalue weighted by Gasteiger charge is -2.27. The van der Waals surface area contributed by atoms with Gasteiger partial charge in [-0.1, -0.05) is 27.7 Å². The van der Waals surface area contributed by atoms with Crippen molar-refractivity contribution in [3.05, 3.63) is 18.5 Å². The van der Waals surface area contributed by atoms with Gasteiger partial charge in [-0.3, -0.25) is 5.43 Å². The minimum Gasteiger partial charge on any atom is -0.354 e. The summed E-state index contributed by atoms with van der Waals surface area (Å²) in [6.07, 6.45) is 3.42. The number of hydrazine groups is 1. The molecule has 0 radical (unpaired) electrons. The summed E-state index contributed by atoms with van der Waals surface area (Å²) in [6, 6.07) is 1.80. The van der Waals surface area contributed by atoms with Crippen LogP contribution in [-0.2, 0) is 0 Å². The molecule has 21 heavy (non-hydrogen) atoms. The molecule has 2 heterocycles. The molecule has 1 atom stereocenters. The topological polar surface area (TPSA) is 107 Å². The van der Waals surface area contributed by atoms with E-state index in [9.17, 15) is 0 Å². The number of nitrogens with zero attached hydrogens (tertiary/aromatic N) is 5. The number of nitrogens with two attached hydrogens (primary N) is 1. The minimum atomic E-state index is 0.208. The predicted molar refractivity (Wildman–Crippen MR) is 81.9 cm³/mol. The highest BCUT2D eigenvalue weighted by Crippen LogP contribution is 2.25. The predicted octanol–water partition coefficient (Wildman–Crippen LogP) is 1.44. The third-order valence-corrected chi connectivity index (χ3v) is 3.51. The SMILES string of the molecule is CC(CNc1nc(NN)nc(-n2cccn2)n1)C(C)(C)C. The molecule has 1 unspecified atom stereocenters. The van der Waals surface area contributed by atoms with Gasteiger partial charge in [-0.15, -0.1) is 0 Å². The monoisotopic (exact) mass is 290 g/mol. The zero-order chi connectivity index (χ0) is 15.5. The number of nitrogen functional groups attached to an aromatic ring is 1. The number of anilines is 2. The van der Waals surface area contributed by atoms with Gasteiger partial charge in [-0.2, -0.15) is 20.1 Å². The quantitative estimate of drug-likeness (QED) is 0.565. The lowest BCUT2D eigenvalue weighted by atomic mass is 9.82. The molecule has 0 amide bonds. The second-order valence-electron chi connectivity index (χ2n) is 6.03. The maximum atomic E-state index is 5.41. The van der Waals surface area contributed by atoms with E-state index >= 15 is 0 Å². The average molecular weight is 290 g/mol. The van der Waals surface area contributed by atoms with Gasteiger partial charge in [0.1, 0.15) is 0 Å². The maximum absolute atomic E-state index is 5.41. The van der Waals surface area contributed by atoms with Gasteiger partial charge in [0.15, 0.2) is 0 Å². The van der Waals surface area contributed by atoms with E-state index in [1.807, 2.05) is 0 Å². The van der Waals surface area contributed by atoms with E-state index in [-0.39, 0.29) is 5.41 Å². The van der Waals surface area contributed by atoms with Crippen LogP contribution in [0.25, 0.3) is 5.95 Å². The van der Waals surface area contributed by atoms with Gasteiger partial charge >= 0.3 is 0 Å². The number of aromatic nitrogens is 5. The van der Waals surface area contributed by atoms with Gasteiger partial charge in [0.05, 0.1) is 0 Å². The van der Waals surface area contributed by atoms with Crippen molar-refractivity contribution in [1.82, 2.24) is 24.7 Å². The minimum absolute atomic E-state index is 0.208. The van der Waals surface area contributed by atoms with Gasteiger partial charge in [0.2, 0.25) is 11.9 Å². The van der Waals surface area contributed by atoms with Crippen molar-refractivity contribution >= 4 is 11.9 Å². The van der Waals surface area contributed by atoms with E-state index in [2.05, 4.69) is 58.5 Å². The second kappa shape index (κ2) is 6.04. The van der Waals surface area contributed by atoms with Crippen molar-refractivity contribution in [3.8, 4) is 5.95 Å². The first kappa shape index (κ1) is 15.2. The maximum Gasteiger partial charge on any atom is 0.257 e. The molecule has 2 rings (SSSR count). The van der Waals surface area contributed by atoms with E-state index in [4.69, 9.17) is 5.84 Å². The molecular weight excluding hydrogens is 268 g/mol. The average Bonchev–Trinajstić information content (AvgIpc) is 2.97. The second-order valence-corrected chi connectivity index (χ2v) is 6.03. The van der Waals surface area contributed by atoms with Crippen molar-refractivity contribution in [2.24, 2.45) is 17.2 Å². The third-order valence-electron chi connectivity index (χ3n) is 3.51. The Labute approximate surface area is 124 Å². The Hall–Kier alpha value is -2.22. The van der Waals surface area contributed by atoms with Crippen LogP contribution >= 0.6 is 0 Å². The molecule has 8 heteroatoms. The van der Waals surface area contributed by atoms with E-state index < -0.39 is 0 Å². The Bertz CT molecular complexity index is 572. The summed E-state index contributed by atoms with van der Waals surface area (Å²) >= 11 is 0. The molecule has 0 aliphatic rings. The summed E-state index contributed by atoms with van der Waals surface area (Å²) in [5, 5.41) is 7.33. The van der Waals surface area contributed by atoms with E-state index in [0.717, 1.165) is 6.54 Å². The molecule has 2 aromatic heterocycles. The first-order chi connectivity index (χ1) is 9.90. The van der Waals surface area contributed by atoms with Crippen LogP contribution < -0.4 is 16.6 Å². The summed E-state index contributed by atoms with van der Waals surface area (Å²) in [5.74, 6) is 7.04. The summed E-state index contributed by atoms with van der Waals surface area (Å²) in [6.45, 7) is 9.55. The van der Waals surface area contributed by atoms with Crippen LogP contribution in [0.3, 0.4) is 0 Å². The molecule has 2 aromatic rings. The Morgan fingerprint density at radius 2 is 1.95 bits per heavy atom. The Balaban J connectivity index is 2.18. The molecule has 0 saturated heterocycles. The van der Waals surface area contributed by atoms with Crippen molar-refractivity contribution in [1.29, 1.82) is 0 Å². The van der Waals surface area contributed by atoms with Crippen LogP contribution in [0, 0.1) is 11.3 Å². The van der Waals surface area contributed by atoms with Crippen molar-refractivity contribution in [2.45, 2.75) is 27.7 Å². The zero-order valence-electron chi connectivity index (χ0n) is 12.8. The van der Waals surface area contributed by atoms with Gasteiger partial charge in [-0.05, 0) is 17.4 Å². The molecule has 114 valence electrons. The van der Waals surface area contributed by atoms with Gasteiger partial charge in [0, 0.05) is 18.9 Å². The molecule has 0 aromatic carbocycles. The lowest BCUT2D eigenvalue weighted by molar-refractivity contribution is 0.274. The molecule has 0 saturated carbocycles. The lowest BCUT2D eigenvalue weighted by Crippen LogP contribution is -2.26. The van der Waals surface area contributed by atoms with Crippen molar-refractivity contribution in [3.63, 3.8) is 0 Å². The fraction of sp³-hybridized carbons (Fsp3) is 0.538. The fourth-order valence-electron chi connectivity index (χ4n) is 1.55. The van der Waals surface area contributed by atoms with E-state index in [1.54, 1.807) is 23.1 Å². The Kier molecular flexibility index (Phi) is 4.37. The molecule has 8 nitrogen and oxygen atoms in total. The number of hydrogen-bond donors (Lipinski definition) is 3. The molecular formula is C13H22N8. The molecule has 4 N–H and O–H groups in total. The Morgan fingerprint density at radius 1 is 1.24 bits per heavy atom. The number of hydrogen-bond acceptors (Lipinski definition) is 7. The molecule has 0 spiro atoms. The van der Waals surface area contributed by atoms with Crippen LogP contribution in [0.4, 0.5) is 11.9 Å². The first-order valence-electron chi connectivity index (χ1n) is 6.86. The Morgan fingerprint density at radius 3 is 2.52 bits per heavy atom. The van der Waals surface area contributed by atoms with Crippen LogP contribution in [0.5, 0.6) is 0 Å². The number of rotatable bonds is 5. The first-order valence-corrected chi connectivity index (χ1v) is 6.86. The number of nitrogens with one attached hydrogen (secondary N) is 2. The van der Waals surface area contributed by atoms with Crippen molar-refractivity contribution < 1.29 is 0 Å². The van der Waals surface area contributed by atoms with Crippen molar-refractivity contribution in [2.75, 3.05) is 17.3 Å². The molecule has 0 aliphatic carbocycles. The third kappa shape index (κ3) is 3.88. The van der Waals surface area contributed by atoms with Crippen LogP contribution in [0.15, 0.2) is 18.5 Å². The van der Waals surface area contributed by atoms with Gasteiger partial charge in [0.25, 0.3) is 5.95 Å². The van der Waals surface area contributed by atoms with Crippen LogP contribution in [0.2, 0.25) is 0 Å². The van der Waals surface area contributed by atoms with Gasteiger partial charge in [-0.25, -0.2) is 10.5 Å². The molecule has 0 aliphatic heterocycles. The van der Waals surface area contributed by atoms with Crippen LogP contribution in [0.1, 0.15) is 27.7 Å². The highest BCUT2D eigenvalue weighted by molar-refractivity contribution is 5.36. The molecule has 0 fully saturated rings. The zero-order valence-corrected chi connectivity index (χ0v) is 12.8. The largest absolute Gasteiger partial charge is 0.354 e. The van der Waals surface area contributed by atoms with Crippen LogP contribution in [-0.4, -0.2) is 31.3 Å². The summed E-state index contributed by atoms with van der Waals surface area (Å²) in [5.41, 5.74) is 2.65.